The van der Waals surface area contributed by atoms with Crippen LogP contribution in [-0.4, -0.2) is 45.9 Å². The fraction of sp³-hybridized carbons (Fsp3) is 0.227. The minimum Gasteiger partial charge on any atom is -0.326 e. The number of nitrogens with one attached hydrogen (secondary N) is 3. The van der Waals surface area contributed by atoms with Crippen LogP contribution in [0.5, 0.6) is 0 Å². The predicted molar refractivity (Wildman–Crippen MR) is 125 cm³/mol. The number of rotatable bonds is 9. The molecule has 9 nitrogen and oxygen atoms in total. The molecular formula is C22H23FN6O3S. The number of halogens is 1. The average molecular weight is 471 g/mol. The molecule has 11 heteroatoms. The van der Waals surface area contributed by atoms with E-state index in [4.69, 9.17) is 0 Å². The van der Waals surface area contributed by atoms with Crippen LogP contribution < -0.4 is 16.0 Å². The summed E-state index contributed by atoms with van der Waals surface area (Å²) in [5, 5.41) is 16.8. The van der Waals surface area contributed by atoms with Gasteiger partial charge in [-0.2, -0.15) is 0 Å². The van der Waals surface area contributed by atoms with Gasteiger partial charge in [0.25, 0.3) is 5.91 Å². The van der Waals surface area contributed by atoms with E-state index in [-0.39, 0.29) is 23.4 Å². The number of hydrogen-bond donors (Lipinski definition) is 3. The highest BCUT2D eigenvalue weighted by Crippen LogP contribution is 2.16. The summed E-state index contributed by atoms with van der Waals surface area (Å²) in [6.07, 6.45) is 0. The van der Waals surface area contributed by atoms with Crippen LogP contribution in [0, 0.1) is 5.82 Å². The Morgan fingerprint density at radius 3 is 2.09 bits per heavy atom. The smallest absolute Gasteiger partial charge is 0.286 e. The molecule has 1 heterocycles. The Hall–Kier alpha value is -3.70. The lowest BCUT2D eigenvalue weighted by Crippen LogP contribution is -2.32. The summed E-state index contributed by atoms with van der Waals surface area (Å²) in [4.78, 5) is 37.7. The first kappa shape index (κ1) is 24.0. The molecule has 3 N–H and O–H groups in total. The monoisotopic (exact) mass is 470 g/mol. The third-order valence-corrected chi connectivity index (χ3v) is 5.33. The highest BCUT2D eigenvalue weighted by Gasteiger charge is 2.16. The minimum atomic E-state index is -0.436. The molecule has 172 valence electrons. The fourth-order valence-electron chi connectivity index (χ4n) is 2.84. The molecule has 0 radical (unpaired) electrons. The normalized spacial score (nSPS) is 10.7. The largest absolute Gasteiger partial charge is 0.326 e. The van der Waals surface area contributed by atoms with Gasteiger partial charge in [-0.3, -0.25) is 19.3 Å². The van der Waals surface area contributed by atoms with E-state index in [1.54, 1.807) is 24.3 Å². The van der Waals surface area contributed by atoms with E-state index >= 15 is 0 Å². The molecule has 3 aromatic rings. The number of amides is 3. The zero-order valence-corrected chi connectivity index (χ0v) is 18.9. The van der Waals surface area contributed by atoms with Gasteiger partial charge in [0.05, 0.1) is 13.1 Å². The summed E-state index contributed by atoms with van der Waals surface area (Å²) < 4.78 is 13.0. The van der Waals surface area contributed by atoms with Gasteiger partial charge < -0.3 is 16.0 Å². The lowest BCUT2D eigenvalue weighted by molar-refractivity contribution is -0.117. The third kappa shape index (κ3) is 7.44. The number of anilines is 3. The SMILES string of the molecule is CCN(CC(=O)Nc1ccc(NC(C)=O)cc1)Cc1nnc(C(=O)Nc2ccc(F)cc2)s1. The molecule has 0 aliphatic carbocycles. The maximum absolute atomic E-state index is 13.0. The summed E-state index contributed by atoms with van der Waals surface area (Å²) >= 11 is 1.13. The molecule has 0 unspecified atom stereocenters. The molecule has 3 rings (SSSR count). The van der Waals surface area contributed by atoms with Crippen LogP contribution in [0.2, 0.25) is 0 Å². The molecule has 0 spiro atoms. The molecule has 0 bridgehead atoms. The van der Waals surface area contributed by atoms with Crippen LogP contribution in [0.1, 0.15) is 28.7 Å². The number of aromatic nitrogens is 2. The van der Waals surface area contributed by atoms with Crippen LogP contribution in [0.25, 0.3) is 0 Å². The first-order chi connectivity index (χ1) is 15.8. The van der Waals surface area contributed by atoms with Crippen molar-refractivity contribution in [2.45, 2.75) is 20.4 Å². The molecule has 0 aliphatic rings. The lowest BCUT2D eigenvalue weighted by Gasteiger charge is -2.18. The van der Waals surface area contributed by atoms with E-state index in [2.05, 4.69) is 26.1 Å². The zero-order chi connectivity index (χ0) is 23.8. The second kappa shape index (κ2) is 11.2. The van der Waals surface area contributed by atoms with Gasteiger partial charge in [-0.05, 0) is 55.1 Å². The zero-order valence-electron chi connectivity index (χ0n) is 18.1. The van der Waals surface area contributed by atoms with Gasteiger partial charge in [-0.1, -0.05) is 18.3 Å². The third-order valence-electron chi connectivity index (χ3n) is 4.43. The fourth-order valence-corrected chi connectivity index (χ4v) is 3.62. The second-order valence-corrected chi connectivity index (χ2v) is 8.13. The Morgan fingerprint density at radius 1 is 0.909 bits per heavy atom. The number of benzene rings is 2. The number of nitrogens with zero attached hydrogens (tertiary/aromatic N) is 3. The van der Waals surface area contributed by atoms with Crippen molar-refractivity contribution >= 4 is 46.1 Å². The van der Waals surface area contributed by atoms with Gasteiger partial charge in [0.15, 0.2) is 0 Å². The van der Waals surface area contributed by atoms with E-state index in [1.807, 2.05) is 11.8 Å². The molecule has 1 aromatic heterocycles. The van der Waals surface area contributed by atoms with Gasteiger partial charge in [-0.25, -0.2) is 4.39 Å². The summed E-state index contributed by atoms with van der Waals surface area (Å²) in [6, 6.07) is 12.2. The Bertz CT molecular complexity index is 1120. The molecule has 2 aromatic carbocycles. The Morgan fingerprint density at radius 2 is 1.48 bits per heavy atom. The predicted octanol–water partition coefficient (Wildman–Crippen LogP) is 3.35. The Labute approximate surface area is 194 Å². The van der Waals surface area contributed by atoms with Gasteiger partial charge in [0.2, 0.25) is 16.8 Å². The van der Waals surface area contributed by atoms with Crippen molar-refractivity contribution in [3.63, 3.8) is 0 Å². The highest BCUT2D eigenvalue weighted by molar-refractivity contribution is 7.13. The van der Waals surface area contributed by atoms with E-state index in [0.29, 0.717) is 35.2 Å². The first-order valence-corrected chi connectivity index (χ1v) is 10.9. The average Bonchev–Trinajstić information content (AvgIpc) is 3.24. The Balaban J connectivity index is 1.52. The molecule has 0 fully saturated rings. The molecule has 0 aliphatic heterocycles. The van der Waals surface area contributed by atoms with Gasteiger partial charge in [0.1, 0.15) is 10.8 Å². The van der Waals surface area contributed by atoms with Crippen molar-refractivity contribution in [3.05, 3.63) is 64.4 Å². The van der Waals surface area contributed by atoms with E-state index in [0.717, 1.165) is 11.3 Å². The van der Waals surface area contributed by atoms with Crippen molar-refractivity contribution < 1.29 is 18.8 Å². The van der Waals surface area contributed by atoms with Gasteiger partial charge >= 0.3 is 0 Å². The summed E-state index contributed by atoms with van der Waals surface area (Å²) in [7, 11) is 0. The Kier molecular flexibility index (Phi) is 8.17. The minimum absolute atomic E-state index is 0.126. The van der Waals surface area contributed by atoms with Crippen molar-refractivity contribution in [2.24, 2.45) is 0 Å². The maximum Gasteiger partial charge on any atom is 0.286 e. The quantitative estimate of drug-likeness (QED) is 0.442. The van der Waals surface area contributed by atoms with Crippen LogP contribution >= 0.6 is 11.3 Å². The lowest BCUT2D eigenvalue weighted by atomic mass is 10.2. The van der Waals surface area contributed by atoms with Crippen LogP contribution in [-0.2, 0) is 16.1 Å². The van der Waals surface area contributed by atoms with Crippen LogP contribution in [0.3, 0.4) is 0 Å². The highest BCUT2D eigenvalue weighted by atomic mass is 32.1. The number of carbonyl (C=O) groups excluding carboxylic acids is 3. The van der Waals surface area contributed by atoms with Gasteiger partial charge in [-0.15, -0.1) is 10.2 Å². The topological polar surface area (TPSA) is 116 Å². The van der Waals surface area contributed by atoms with Crippen LogP contribution in [0.4, 0.5) is 21.5 Å². The standard InChI is InChI=1S/C22H23FN6O3S/c1-3-29(12-19(31)25-17-10-8-16(9-11-17)24-14(2)30)13-20-27-28-22(33-20)21(32)26-18-6-4-15(23)5-7-18/h4-11H,3,12-13H2,1-2H3,(H,24,30)(H,25,31)(H,26,32). The number of likely N-dealkylation sites (N-methyl/N-ethyl adjacent to an activating group) is 1. The van der Waals surface area contributed by atoms with Crippen molar-refractivity contribution in [2.75, 3.05) is 29.0 Å². The van der Waals surface area contributed by atoms with Gasteiger partial charge in [0, 0.05) is 24.0 Å². The summed E-state index contributed by atoms with van der Waals surface area (Å²) in [6.45, 7) is 4.41. The number of carbonyl (C=O) groups is 3. The van der Waals surface area contributed by atoms with Crippen molar-refractivity contribution in [1.29, 1.82) is 0 Å². The maximum atomic E-state index is 13.0. The molecular weight excluding hydrogens is 447 g/mol. The van der Waals surface area contributed by atoms with Crippen molar-refractivity contribution in [1.82, 2.24) is 15.1 Å². The van der Waals surface area contributed by atoms with Crippen molar-refractivity contribution in [3.8, 4) is 0 Å². The van der Waals surface area contributed by atoms with E-state index in [9.17, 15) is 18.8 Å². The van der Waals surface area contributed by atoms with E-state index < -0.39 is 11.7 Å². The number of hydrogen-bond acceptors (Lipinski definition) is 7. The summed E-state index contributed by atoms with van der Waals surface area (Å²) in [5.74, 6) is -1.20. The summed E-state index contributed by atoms with van der Waals surface area (Å²) in [5.41, 5.74) is 1.71. The second-order valence-electron chi connectivity index (χ2n) is 7.07. The molecule has 3 amide bonds. The van der Waals surface area contributed by atoms with E-state index in [1.165, 1.54) is 31.2 Å². The molecule has 0 saturated heterocycles. The molecule has 33 heavy (non-hydrogen) atoms. The first-order valence-electron chi connectivity index (χ1n) is 10.1. The molecule has 0 saturated carbocycles. The van der Waals surface area contributed by atoms with Crippen LogP contribution in [0.15, 0.2) is 48.5 Å². The molecule has 0 atom stereocenters.